The van der Waals surface area contributed by atoms with Gasteiger partial charge in [-0.3, -0.25) is 4.79 Å². The maximum Gasteiger partial charge on any atom is 0.253 e. The summed E-state index contributed by atoms with van der Waals surface area (Å²) in [7, 11) is 1.64. The van der Waals surface area contributed by atoms with Gasteiger partial charge in [-0.1, -0.05) is 48.5 Å². The lowest BCUT2D eigenvalue weighted by Crippen LogP contribution is -2.39. The molecule has 4 aromatic rings. The summed E-state index contributed by atoms with van der Waals surface area (Å²) in [6.07, 6.45) is 2.63. The van der Waals surface area contributed by atoms with E-state index >= 15 is 0 Å². The number of nitrogens with zero attached hydrogens (tertiary/aromatic N) is 3. The summed E-state index contributed by atoms with van der Waals surface area (Å²) >= 11 is 0. The number of ether oxygens (including phenoxy) is 1. The number of piperidine rings is 1. The Hall–Kier alpha value is -3.60. The molecular weight excluding hydrogens is 410 g/mol. The van der Waals surface area contributed by atoms with Crippen molar-refractivity contribution in [3.63, 3.8) is 0 Å². The molecule has 1 aliphatic heterocycles. The number of methoxy groups -OCH3 is 1. The van der Waals surface area contributed by atoms with E-state index in [1.54, 1.807) is 7.11 Å². The van der Waals surface area contributed by atoms with Gasteiger partial charge in [0.1, 0.15) is 11.6 Å². The molecule has 0 spiro atoms. The minimum atomic E-state index is 0.0757. The zero-order valence-corrected chi connectivity index (χ0v) is 19.2. The minimum absolute atomic E-state index is 0.0757. The molecule has 0 unspecified atom stereocenters. The summed E-state index contributed by atoms with van der Waals surface area (Å²) in [5.41, 5.74) is 5.19. The van der Waals surface area contributed by atoms with Crippen molar-refractivity contribution in [2.24, 2.45) is 0 Å². The monoisotopic (exact) mass is 439 g/mol. The number of rotatable bonds is 5. The molecule has 0 bridgehead atoms. The standard InChI is InChI=1S/C28H29N3O2/c1-20-12-13-22(19-26(20)33-2)28(32)30-16-14-23(15-17-30)31-25-11-7-6-10-24(25)29-27(31)18-21-8-4-3-5-9-21/h3-13,19,23H,14-18H2,1-2H3. The van der Waals surface area contributed by atoms with E-state index in [1.807, 2.05) is 42.2 Å². The Balaban J connectivity index is 1.37. The lowest BCUT2D eigenvalue weighted by Gasteiger charge is -2.34. The maximum absolute atomic E-state index is 13.1. The molecule has 0 N–H and O–H groups in total. The summed E-state index contributed by atoms with van der Waals surface area (Å²) in [5, 5.41) is 0. The smallest absolute Gasteiger partial charge is 0.253 e. The first-order chi connectivity index (χ1) is 16.1. The highest BCUT2D eigenvalue weighted by molar-refractivity contribution is 5.94. The molecular formula is C28H29N3O2. The van der Waals surface area contributed by atoms with Gasteiger partial charge in [0.2, 0.25) is 0 Å². The van der Waals surface area contributed by atoms with Crippen LogP contribution in [0.5, 0.6) is 5.75 Å². The van der Waals surface area contributed by atoms with Crippen molar-refractivity contribution in [3.05, 3.63) is 95.3 Å². The molecule has 0 saturated carbocycles. The quantitative estimate of drug-likeness (QED) is 0.417. The van der Waals surface area contributed by atoms with E-state index in [0.717, 1.165) is 55.0 Å². The summed E-state index contributed by atoms with van der Waals surface area (Å²) in [6.45, 7) is 3.45. The van der Waals surface area contributed by atoms with Crippen molar-refractivity contribution < 1.29 is 9.53 Å². The van der Waals surface area contributed by atoms with Crippen molar-refractivity contribution >= 4 is 16.9 Å². The number of hydrogen-bond donors (Lipinski definition) is 0. The number of imidazole rings is 1. The lowest BCUT2D eigenvalue weighted by atomic mass is 10.0. The summed E-state index contributed by atoms with van der Waals surface area (Å²) in [6, 6.07) is 24.9. The zero-order valence-electron chi connectivity index (χ0n) is 19.2. The van der Waals surface area contributed by atoms with Gasteiger partial charge < -0.3 is 14.2 Å². The summed E-state index contributed by atoms with van der Waals surface area (Å²) < 4.78 is 7.83. The highest BCUT2D eigenvalue weighted by Crippen LogP contribution is 2.31. The second-order valence-electron chi connectivity index (χ2n) is 8.76. The number of aryl methyl sites for hydroxylation is 1. The lowest BCUT2D eigenvalue weighted by molar-refractivity contribution is 0.0695. The van der Waals surface area contributed by atoms with Crippen molar-refractivity contribution in [2.45, 2.75) is 32.2 Å². The average molecular weight is 440 g/mol. The minimum Gasteiger partial charge on any atom is -0.496 e. The normalized spacial score (nSPS) is 14.5. The molecule has 0 atom stereocenters. The van der Waals surface area contributed by atoms with Crippen LogP contribution in [0.4, 0.5) is 0 Å². The van der Waals surface area contributed by atoms with Gasteiger partial charge in [-0.05, 0) is 55.2 Å². The van der Waals surface area contributed by atoms with Crippen LogP contribution in [-0.2, 0) is 6.42 Å². The highest BCUT2D eigenvalue weighted by atomic mass is 16.5. The van der Waals surface area contributed by atoms with E-state index < -0.39 is 0 Å². The third-order valence-electron chi connectivity index (χ3n) is 6.65. The second kappa shape index (κ2) is 9.10. The molecule has 2 heterocycles. The Bertz CT molecular complexity index is 1270. The highest BCUT2D eigenvalue weighted by Gasteiger charge is 2.27. The van der Waals surface area contributed by atoms with E-state index in [9.17, 15) is 4.79 Å². The van der Waals surface area contributed by atoms with Crippen LogP contribution in [0, 0.1) is 6.92 Å². The summed E-state index contributed by atoms with van der Waals surface area (Å²) in [5.74, 6) is 1.92. The van der Waals surface area contributed by atoms with E-state index in [1.165, 1.54) is 11.1 Å². The predicted octanol–water partition coefficient (Wildman–Crippen LogP) is 5.42. The number of fused-ring (bicyclic) bond motifs is 1. The van der Waals surface area contributed by atoms with E-state index in [0.29, 0.717) is 11.6 Å². The fraction of sp³-hybridized carbons (Fsp3) is 0.286. The van der Waals surface area contributed by atoms with Crippen molar-refractivity contribution in [1.82, 2.24) is 14.5 Å². The Kier molecular flexibility index (Phi) is 5.86. The number of benzene rings is 3. The molecule has 0 aliphatic carbocycles. The van der Waals surface area contributed by atoms with Crippen LogP contribution in [0.25, 0.3) is 11.0 Å². The first kappa shape index (κ1) is 21.3. The Morgan fingerprint density at radius 1 is 1.00 bits per heavy atom. The topological polar surface area (TPSA) is 47.4 Å². The van der Waals surface area contributed by atoms with Gasteiger partial charge in [-0.15, -0.1) is 0 Å². The number of aromatic nitrogens is 2. The maximum atomic E-state index is 13.1. The first-order valence-corrected chi connectivity index (χ1v) is 11.6. The third-order valence-corrected chi connectivity index (χ3v) is 6.65. The number of hydrogen-bond acceptors (Lipinski definition) is 3. The Morgan fingerprint density at radius 3 is 2.48 bits per heavy atom. The number of carbonyl (C=O) groups excluding carboxylic acids is 1. The van der Waals surface area contributed by atoms with Crippen LogP contribution in [0.15, 0.2) is 72.8 Å². The SMILES string of the molecule is COc1cc(C(=O)N2CCC(n3c(Cc4ccccc4)nc4ccccc43)CC2)ccc1C. The summed E-state index contributed by atoms with van der Waals surface area (Å²) in [4.78, 5) is 20.1. The molecule has 1 fully saturated rings. The number of amides is 1. The van der Waals surface area contributed by atoms with Crippen LogP contribution in [0.2, 0.25) is 0 Å². The average Bonchev–Trinajstić information content (AvgIpc) is 3.22. The van der Waals surface area contributed by atoms with E-state index in [2.05, 4.69) is 47.0 Å². The van der Waals surface area contributed by atoms with Crippen molar-refractivity contribution in [3.8, 4) is 5.75 Å². The van der Waals surface area contributed by atoms with Gasteiger partial charge >= 0.3 is 0 Å². The molecule has 3 aromatic carbocycles. The molecule has 0 radical (unpaired) electrons. The fourth-order valence-corrected chi connectivity index (χ4v) is 4.87. The van der Waals surface area contributed by atoms with Crippen LogP contribution >= 0.6 is 0 Å². The second-order valence-corrected chi connectivity index (χ2v) is 8.76. The third kappa shape index (κ3) is 4.23. The molecule has 1 saturated heterocycles. The van der Waals surface area contributed by atoms with Gasteiger partial charge in [0.15, 0.2) is 0 Å². The van der Waals surface area contributed by atoms with Gasteiger partial charge in [-0.2, -0.15) is 0 Å². The van der Waals surface area contributed by atoms with Crippen LogP contribution in [0.3, 0.4) is 0 Å². The van der Waals surface area contributed by atoms with Crippen LogP contribution < -0.4 is 4.74 Å². The largest absolute Gasteiger partial charge is 0.496 e. The van der Waals surface area contributed by atoms with E-state index in [-0.39, 0.29) is 5.91 Å². The van der Waals surface area contributed by atoms with Crippen LogP contribution in [-0.4, -0.2) is 40.6 Å². The van der Waals surface area contributed by atoms with Crippen molar-refractivity contribution in [1.29, 1.82) is 0 Å². The number of likely N-dealkylation sites (tertiary alicyclic amines) is 1. The molecule has 1 amide bonds. The molecule has 5 heteroatoms. The fourth-order valence-electron chi connectivity index (χ4n) is 4.87. The van der Waals surface area contributed by atoms with Crippen LogP contribution in [0.1, 0.15) is 46.2 Å². The predicted molar refractivity (Wildman–Crippen MR) is 131 cm³/mol. The van der Waals surface area contributed by atoms with Gasteiger partial charge in [0, 0.05) is 31.1 Å². The molecule has 1 aromatic heterocycles. The zero-order chi connectivity index (χ0) is 22.8. The Morgan fingerprint density at radius 2 is 1.73 bits per heavy atom. The van der Waals surface area contributed by atoms with Gasteiger partial charge in [-0.25, -0.2) is 4.98 Å². The first-order valence-electron chi connectivity index (χ1n) is 11.6. The van der Waals surface area contributed by atoms with Gasteiger partial charge in [0.25, 0.3) is 5.91 Å². The molecule has 168 valence electrons. The molecule has 5 nitrogen and oxygen atoms in total. The van der Waals surface area contributed by atoms with Gasteiger partial charge in [0.05, 0.1) is 18.1 Å². The van der Waals surface area contributed by atoms with E-state index in [4.69, 9.17) is 9.72 Å². The molecule has 33 heavy (non-hydrogen) atoms. The van der Waals surface area contributed by atoms with Crippen molar-refractivity contribution in [2.75, 3.05) is 20.2 Å². The molecule has 5 rings (SSSR count). The molecule has 1 aliphatic rings. The Labute approximate surface area is 194 Å². The number of para-hydroxylation sites is 2. The number of carbonyl (C=O) groups is 1.